The monoisotopic (exact) mass is 351 g/mol. The maximum absolute atomic E-state index is 12.5. The summed E-state index contributed by atoms with van der Waals surface area (Å²) in [6.45, 7) is 1.89. The SMILES string of the molecule is C[C@@H](OC(=O)c1ccc(N)cc1Cl)c1ccc2c3c(cccc13)CC2. The largest absolute Gasteiger partial charge is 0.454 e. The molecule has 1 atom stereocenters. The number of carbonyl (C=O) groups excluding carboxylic acids is 1. The Balaban J connectivity index is 1.67. The molecule has 0 fully saturated rings. The number of esters is 1. The van der Waals surface area contributed by atoms with Crippen molar-refractivity contribution in [1.29, 1.82) is 0 Å². The van der Waals surface area contributed by atoms with Crippen molar-refractivity contribution in [3.63, 3.8) is 0 Å². The Kier molecular flexibility index (Phi) is 3.89. The van der Waals surface area contributed by atoms with E-state index in [0.29, 0.717) is 16.3 Å². The van der Waals surface area contributed by atoms with Crippen molar-refractivity contribution in [1.82, 2.24) is 0 Å². The highest BCUT2D eigenvalue weighted by Gasteiger charge is 2.21. The molecule has 0 bridgehead atoms. The van der Waals surface area contributed by atoms with Crippen molar-refractivity contribution in [3.8, 4) is 0 Å². The van der Waals surface area contributed by atoms with Gasteiger partial charge in [-0.3, -0.25) is 0 Å². The molecule has 0 heterocycles. The first-order chi connectivity index (χ1) is 12.0. The molecule has 1 aliphatic carbocycles. The molecule has 0 amide bonds. The van der Waals surface area contributed by atoms with Gasteiger partial charge in [-0.05, 0) is 59.9 Å². The quantitative estimate of drug-likeness (QED) is 0.528. The zero-order chi connectivity index (χ0) is 17.6. The number of benzene rings is 3. The predicted molar refractivity (Wildman–Crippen MR) is 101 cm³/mol. The van der Waals surface area contributed by atoms with Crippen LogP contribution in [0.15, 0.2) is 48.5 Å². The Morgan fingerprint density at radius 2 is 1.88 bits per heavy atom. The van der Waals surface area contributed by atoms with Gasteiger partial charge >= 0.3 is 5.97 Å². The molecule has 0 aromatic heterocycles. The molecule has 0 saturated heterocycles. The third-order valence-electron chi connectivity index (χ3n) is 4.85. The molecule has 3 aromatic rings. The van der Waals surface area contributed by atoms with E-state index in [1.165, 1.54) is 16.5 Å². The molecule has 0 aliphatic heterocycles. The van der Waals surface area contributed by atoms with Crippen LogP contribution in [-0.4, -0.2) is 5.97 Å². The summed E-state index contributed by atoms with van der Waals surface area (Å²) < 4.78 is 5.69. The maximum Gasteiger partial charge on any atom is 0.340 e. The van der Waals surface area contributed by atoms with E-state index in [4.69, 9.17) is 22.1 Å². The second-order valence-corrected chi connectivity index (χ2v) is 6.85. The molecule has 4 heteroatoms. The van der Waals surface area contributed by atoms with Crippen molar-refractivity contribution in [2.45, 2.75) is 25.9 Å². The predicted octanol–water partition coefficient (Wildman–Crippen LogP) is 5.09. The average molecular weight is 352 g/mol. The van der Waals surface area contributed by atoms with E-state index >= 15 is 0 Å². The normalized spacial score (nSPS) is 13.8. The van der Waals surface area contributed by atoms with Gasteiger partial charge in [0.05, 0.1) is 10.6 Å². The van der Waals surface area contributed by atoms with Crippen molar-refractivity contribution in [2.24, 2.45) is 0 Å². The molecular formula is C21H18ClNO2. The van der Waals surface area contributed by atoms with Crippen molar-refractivity contribution < 1.29 is 9.53 Å². The van der Waals surface area contributed by atoms with Crippen LogP contribution in [-0.2, 0) is 17.6 Å². The highest BCUT2D eigenvalue weighted by atomic mass is 35.5. The average Bonchev–Trinajstić information content (AvgIpc) is 3.00. The lowest BCUT2D eigenvalue weighted by Gasteiger charge is -2.17. The summed E-state index contributed by atoms with van der Waals surface area (Å²) in [5, 5.41) is 2.78. The molecule has 25 heavy (non-hydrogen) atoms. The highest BCUT2D eigenvalue weighted by Crippen LogP contribution is 2.36. The second kappa shape index (κ2) is 6.08. The van der Waals surface area contributed by atoms with Gasteiger partial charge in [-0.15, -0.1) is 0 Å². The number of carbonyl (C=O) groups is 1. The number of halogens is 1. The number of hydrogen-bond acceptors (Lipinski definition) is 3. The van der Waals surface area contributed by atoms with Crippen molar-refractivity contribution >= 4 is 34.0 Å². The second-order valence-electron chi connectivity index (χ2n) is 6.44. The molecule has 4 rings (SSSR count). The van der Waals surface area contributed by atoms with Crippen LogP contribution in [0.4, 0.5) is 5.69 Å². The lowest BCUT2D eigenvalue weighted by Crippen LogP contribution is -2.10. The molecule has 0 saturated carbocycles. The third-order valence-corrected chi connectivity index (χ3v) is 5.16. The maximum atomic E-state index is 12.5. The Bertz CT molecular complexity index is 986. The lowest BCUT2D eigenvalue weighted by atomic mass is 9.97. The summed E-state index contributed by atoms with van der Waals surface area (Å²) >= 11 is 6.12. The van der Waals surface area contributed by atoms with Crippen LogP contribution in [0.25, 0.3) is 10.8 Å². The van der Waals surface area contributed by atoms with Gasteiger partial charge in [-0.25, -0.2) is 4.79 Å². The Hall–Kier alpha value is -2.52. The van der Waals surface area contributed by atoms with Gasteiger partial charge in [0.1, 0.15) is 6.10 Å². The molecule has 126 valence electrons. The minimum Gasteiger partial charge on any atom is -0.454 e. The van der Waals surface area contributed by atoms with Gasteiger partial charge in [-0.2, -0.15) is 0 Å². The molecule has 0 unspecified atom stereocenters. The Morgan fingerprint density at radius 1 is 1.12 bits per heavy atom. The van der Waals surface area contributed by atoms with Crippen LogP contribution in [0.3, 0.4) is 0 Å². The van der Waals surface area contributed by atoms with Gasteiger partial charge in [0, 0.05) is 11.3 Å². The first-order valence-electron chi connectivity index (χ1n) is 8.34. The zero-order valence-electron chi connectivity index (χ0n) is 13.9. The highest BCUT2D eigenvalue weighted by molar-refractivity contribution is 6.33. The number of aryl methyl sites for hydroxylation is 2. The molecule has 0 spiro atoms. The fourth-order valence-corrected chi connectivity index (χ4v) is 3.87. The van der Waals surface area contributed by atoms with Crippen LogP contribution in [0.2, 0.25) is 5.02 Å². The Labute approximate surface area is 151 Å². The summed E-state index contributed by atoms with van der Waals surface area (Å²) in [7, 11) is 0. The van der Waals surface area contributed by atoms with Gasteiger partial charge < -0.3 is 10.5 Å². The Morgan fingerprint density at radius 3 is 2.64 bits per heavy atom. The number of rotatable bonds is 3. The number of ether oxygens (including phenoxy) is 1. The van der Waals surface area contributed by atoms with E-state index in [1.807, 2.05) is 6.92 Å². The van der Waals surface area contributed by atoms with Crippen LogP contribution in [0.1, 0.15) is 40.1 Å². The molecule has 3 nitrogen and oxygen atoms in total. The number of hydrogen-bond donors (Lipinski definition) is 1. The summed E-state index contributed by atoms with van der Waals surface area (Å²) in [6, 6.07) is 15.4. The van der Waals surface area contributed by atoms with Crippen LogP contribution >= 0.6 is 11.6 Å². The van der Waals surface area contributed by atoms with Gasteiger partial charge in [0.2, 0.25) is 0 Å². The van der Waals surface area contributed by atoms with E-state index in [0.717, 1.165) is 23.8 Å². The molecule has 3 aromatic carbocycles. The molecule has 1 aliphatic rings. The summed E-state index contributed by atoms with van der Waals surface area (Å²) in [4.78, 5) is 12.5. The number of nitrogens with two attached hydrogens (primary N) is 1. The summed E-state index contributed by atoms with van der Waals surface area (Å²) in [6.07, 6.45) is 1.78. The van der Waals surface area contributed by atoms with Crippen LogP contribution in [0, 0.1) is 0 Å². The standard InChI is InChI=1S/C21H18ClNO2/c1-12(25-21(24)18-10-8-15(23)11-19(18)22)16-9-7-14-6-5-13-3-2-4-17(16)20(13)14/h2-4,7-12H,5-6,23H2,1H3/t12-/m1/s1. The van der Waals surface area contributed by atoms with E-state index in [2.05, 4.69) is 30.3 Å². The summed E-state index contributed by atoms with van der Waals surface area (Å²) in [5.74, 6) is -0.444. The molecule has 0 radical (unpaired) electrons. The van der Waals surface area contributed by atoms with E-state index < -0.39 is 5.97 Å². The minimum absolute atomic E-state index is 0.303. The number of nitrogen functional groups attached to an aromatic ring is 1. The molecule has 2 N–H and O–H groups in total. The van der Waals surface area contributed by atoms with Crippen molar-refractivity contribution in [3.05, 3.63) is 75.8 Å². The third kappa shape index (κ3) is 2.75. The lowest BCUT2D eigenvalue weighted by molar-refractivity contribution is 0.0341. The fraction of sp³-hybridized carbons (Fsp3) is 0.190. The first kappa shape index (κ1) is 16.0. The van der Waals surface area contributed by atoms with Crippen molar-refractivity contribution in [2.75, 3.05) is 5.73 Å². The number of anilines is 1. The zero-order valence-corrected chi connectivity index (χ0v) is 14.6. The first-order valence-corrected chi connectivity index (χ1v) is 8.72. The fourth-order valence-electron chi connectivity index (χ4n) is 3.61. The van der Waals surface area contributed by atoms with E-state index in [-0.39, 0.29) is 6.10 Å². The summed E-state index contributed by atoms with van der Waals surface area (Å²) in [5.41, 5.74) is 10.3. The van der Waals surface area contributed by atoms with Crippen LogP contribution < -0.4 is 5.73 Å². The minimum atomic E-state index is -0.444. The van der Waals surface area contributed by atoms with Gasteiger partial charge in [0.15, 0.2) is 0 Å². The van der Waals surface area contributed by atoms with E-state index in [1.54, 1.807) is 18.2 Å². The smallest absolute Gasteiger partial charge is 0.340 e. The van der Waals surface area contributed by atoms with E-state index in [9.17, 15) is 4.79 Å². The van der Waals surface area contributed by atoms with Gasteiger partial charge in [0.25, 0.3) is 0 Å². The van der Waals surface area contributed by atoms with Gasteiger partial charge in [-0.1, -0.05) is 41.9 Å². The van der Waals surface area contributed by atoms with Crippen LogP contribution in [0.5, 0.6) is 0 Å². The topological polar surface area (TPSA) is 52.3 Å². The molecular weight excluding hydrogens is 334 g/mol.